The lowest BCUT2D eigenvalue weighted by Gasteiger charge is -2.25. The van der Waals surface area contributed by atoms with Gasteiger partial charge in [-0.05, 0) is 11.8 Å². The van der Waals surface area contributed by atoms with Crippen molar-refractivity contribution < 1.29 is 29.3 Å². The monoisotopic (exact) mass is 408 g/mol. The van der Waals surface area contributed by atoms with Gasteiger partial charge in [-0.15, -0.1) is 0 Å². The van der Waals surface area contributed by atoms with E-state index in [1.165, 1.54) is 0 Å². The number of benzene rings is 1. The summed E-state index contributed by atoms with van der Waals surface area (Å²) >= 11 is 0. The molecule has 0 radical (unpaired) electrons. The van der Waals surface area contributed by atoms with Gasteiger partial charge in [0, 0.05) is 5.56 Å². The summed E-state index contributed by atoms with van der Waals surface area (Å²) in [5.74, 6) is -1.05. The van der Waals surface area contributed by atoms with E-state index in [0.717, 1.165) is 0 Å². The summed E-state index contributed by atoms with van der Waals surface area (Å²) in [7, 11) is 0. The normalized spacial score (nSPS) is 21.9. The fourth-order valence-corrected chi connectivity index (χ4v) is 2.98. The molecule has 4 atom stereocenters. The number of hydrogen-bond acceptors (Lipinski definition) is 6. The van der Waals surface area contributed by atoms with Crippen LogP contribution in [0.1, 0.15) is 39.5 Å². The molecule has 1 fully saturated rings. The molecule has 2 amide bonds. The third-order valence-corrected chi connectivity index (χ3v) is 5.06. The molecular weight excluding hydrogens is 376 g/mol. The highest BCUT2D eigenvalue weighted by atomic mass is 16.7. The summed E-state index contributed by atoms with van der Waals surface area (Å²) in [6, 6.07) is 8.11. The zero-order chi connectivity index (χ0) is 21.6. The Morgan fingerprint density at radius 2 is 1.28 bits per heavy atom. The minimum Gasteiger partial charge on any atom is -0.394 e. The van der Waals surface area contributed by atoms with Gasteiger partial charge in [0.1, 0.15) is 0 Å². The van der Waals surface area contributed by atoms with Crippen LogP contribution in [0, 0.1) is 11.8 Å². The molecule has 8 nitrogen and oxygen atoms in total. The number of amides is 2. The summed E-state index contributed by atoms with van der Waals surface area (Å²) in [5, 5.41) is 24.5. The third kappa shape index (κ3) is 5.99. The Balaban J connectivity index is 2.21. The molecule has 1 aromatic rings. The van der Waals surface area contributed by atoms with E-state index in [2.05, 4.69) is 10.6 Å². The van der Waals surface area contributed by atoms with E-state index in [1.807, 2.05) is 45.9 Å². The molecule has 0 aliphatic carbocycles. The van der Waals surface area contributed by atoms with Crippen molar-refractivity contribution in [1.82, 2.24) is 10.6 Å². The van der Waals surface area contributed by atoms with Gasteiger partial charge in [0.15, 0.2) is 18.5 Å². The van der Waals surface area contributed by atoms with Crippen LogP contribution in [0.3, 0.4) is 0 Å². The molecule has 1 heterocycles. The number of aliphatic hydroxyl groups excluding tert-OH is 2. The highest BCUT2D eigenvalue weighted by Crippen LogP contribution is 2.32. The summed E-state index contributed by atoms with van der Waals surface area (Å²) in [6.07, 6.45) is -3.24. The average Bonchev–Trinajstić information content (AvgIpc) is 3.15. The van der Waals surface area contributed by atoms with Crippen molar-refractivity contribution in [2.45, 2.75) is 58.3 Å². The van der Waals surface area contributed by atoms with Crippen molar-refractivity contribution in [2.24, 2.45) is 11.8 Å². The second kappa shape index (κ2) is 10.7. The minimum absolute atomic E-state index is 0.00294. The standard InChI is InChI=1S/C21H32N2O6/c1-12(2)15(10-24)22-19(26)17-18(20(27)23-16(11-25)13(3)4)29-21(28-17)14-8-6-5-7-9-14/h5-9,12-13,15-18,21,24-25H,10-11H2,1-4H3,(H,22,26)(H,23,27)/t15-,16-,17-,18-/m1/s1. The molecule has 29 heavy (non-hydrogen) atoms. The quantitative estimate of drug-likeness (QED) is 0.479. The fraction of sp³-hybridized carbons (Fsp3) is 0.619. The lowest BCUT2D eigenvalue weighted by atomic mass is 10.0. The number of nitrogens with one attached hydrogen (secondary N) is 2. The summed E-state index contributed by atoms with van der Waals surface area (Å²) in [4.78, 5) is 25.7. The molecule has 1 saturated heterocycles. The van der Waals surface area contributed by atoms with E-state index in [0.29, 0.717) is 5.56 Å². The molecule has 0 saturated carbocycles. The Morgan fingerprint density at radius 1 is 0.862 bits per heavy atom. The van der Waals surface area contributed by atoms with Gasteiger partial charge in [-0.25, -0.2) is 0 Å². The fourth-order valence-electron chi connectivity index (χ4n) is 2.98. The van der Waals surface area contributed by atoms with Crippen LogP contribution in [-0.4, -0.2) is 59.5 Å². The van der Waals surface area contributed by atoms with Crippen molar-refractivity contribution in [3.05, 3.63) is 35.9 Å². The Kier molecular flexibility index (Phi) is 8.58. The molecular formula is C21H32N2O6. The van der Waals surface area contributed by atoms with Crippen LogP contribution in [-0.2, 0) is 19.1 Å². The second-order valence-electron chi connectivity index (χ2n) is 7.94. The molecule has 1 aromatic carbocycles. The number of carbonyl (C=O) groups excluding carboxylic acids is 2. The van der Waals surface area contributed by atoms with Gasteiger partial charge in [-0.1, -0.05) is 58.0 Å². The van der Waals surface area contributed by atoms with Crippen LogP contribution < -0.4 is 10.6 Å². The van der Waals surface area contributed by atoms with Gasteiger partial charge >= 0.3 is 0 Å². The molecule has 4 N–H and O–H groups in total. The van der Waals surface area contributed by atoms with Crippen molar-refractivity contribution in [3.63, 3.8) is 0 Å². The minimum atomic E-state index is -1.18. The van der Waals surface area contributed by atoms with Crippen molar-refractivity contribution in [1.29, 1.82) is 0 Å². The maximum Gasteiger partial charge on any atom is 0.252 e. The number of carbonyl (C=O) groups is 2. The first-order valence-corrected chi connectivity index (χ1v) is 9.96. The van der Waals surface area contributed by atoms with E-state index < -0.39 is 42.4 Å². The molecule has 0 bridgehead atoms. The third-order valence-electron chi connectivity index (χ3n) is 5.06. The smallest absolute Gasteiger partial charge is 0.252 e. The highest BCUT2D eigenvalue weighted by molar-refractivity contribution is 5.91. The van der Waals surface area contributed by atoms with E-state index in [9.17, 15) is 19.8 Å². The zero-order valence-electron chi connectivity index (χ0n) is 17.4. The van der Waals surface area contributed by atoms with Crippen LogP contribution >= 0.6 is 0 Å². The van der Waals surface area contributed by atoms with Crippen LogP contribution in [0.4, 0.5) is 0 Å². The van der Waals surface area contributed by atoms with Crippen LogP contribution in [0.25, 0.3) is 0 Å². The van der Waals surface area contributed by atoms with Gasteiger partial charge in [0.25, 0.3) is 11.8 Å². The predicted molar refractivity (Wildman–Crippen MR) is 107 cm³/mol. The molecule has 1 aliphatic heterocycles. The average molecular weight is 408 g/mol. The molecule has 0 spiro atoms. The summed E-state index contributed by atoms with van der Waals surface area (Å²) < 4.78 is 11.6. The summed E-state index contributed by atoms with van der Waals surface area (Å²) in [6.45, 7) is 7.04. The van der Waals surface area contributed by atoms with Gasteiger partial charge < -0.3 is 30.3 Å². The van der Waals surface area contributed by atoms with Crippen molar-refractivity contribution in [2.75, 3.05) is 13.2 Å². The van der Waals surface area contributed by atoms with E-state index in [-0.39, 0.29) is 25.0 Å². The molecule has 0 aromatic heterocycles. The predicted octanol–water partition coefficient (Wildman–Crippen LogP) is 0.735. The number of ether oxygens (including phenoxy) is 2. The van der Waals surface area contributed by atoms with E-state index in [4.69, 9.17) is 9.47 Å². The Bertz CT molecular complexity index is 628. The van der Waals surface area contributed by atoms with Crippen molar-refractivity contribution in [3.8, 4) is 0 Å². The second-order valence-corrected chi connectivity index (χ2v) is 7.94. The first-order chi connectivity index (χ1) is 13.8. The lowest BCUT2D eigenvalue weighted by molar-refractivity contribution is -0.138. The highest BCUT2D eigenvalue weighted by Gasteiger charge is 2.46. The van der Waals surface area contributed by atoms with Gasteiger partial charge in [0.2, 0.25) is 0 Å². The molecule has 162 valence electrons. The summed E-state index contributed by atoms with van der Waals surface area (Å²) in [5.41, 5.74) is 0.686. The van der Waals surface area contributed by atoms with Gasteiger partial charge in [0.05, 0.1) is 25.3 Å². The Morgan fingerprint density at radius 3 is 1.62 bits per heavy atom. The maximum absolute atomic E-state index is 12.8. The van der Waals surface area contributed by atoms with E-state index in [1.54, 1.807) is 12.1 Å². The van der Waals surface area contributed by atoms with Crippen LogP contribution in [0.5, 0.6) is 0 Å². The first-order valence-electron chi connectivity index (χ1n) is 9.96. The van der Waals surface area contributed by atoms with Crippen molar-refractivity contribution >= 4 is 11.8 Å². The molecule has 8 heteroatoms. The van der Waals surface area contributed by atoms with E-state index >= 15 is 0 Å². The molecule has 2 rings (SSSR count). The van der Waals surface area contributed by atoms with Gasteiger partial charge in [-0.2, -0.15) is 0 Å². The van der Waals surface area contributed by atoms with Crippen LogP contribution in [0.2, 0.25) is 0 Å². The SMILES string of the molecule is CC(C)[C@@H](CO)NC(=O)[C@@H]1OC(c2ccccc2)O[C@H]1C(=O)N[C@H](CO)C(C)C. The first kappa shape index (κ1) is 23.3. The number of aliphatic hydroxyl groups is 2. The van der Waals surface area contributed by atoms with Crippen LogP contribution in [0.15, 0.2) is 30.3 Å². The maximum atomic E-state index is 12.8. The molecule has 1 aliphatic rings. The Hall–Kier alpha value is -2.00. The molecule has 0 unspecified atom stereocenters. The number of hydrogen-bond donors (Lipinski definition) is 4. The largest absolute Gasteiger partial charge is 0.394 e. The zero-order valence-corrected chi connectivity index (χ0v) is 17.4. The topological polar surface area (TPSA) is 117 Å². The number of rotatable bonds is 9. The Labute approximate surface area is 171 Å². The lowest BCUT2D eigenvalue weighted by Crippen LogP contribution is -2.54. The van der Waals surface area contributed by atoms with Gasteiger partial charge in [-0.3, -0.25) is 9.59 Å².